The molecule has 1 N–H and O–H groups in total. The first-order valence-electron chi connectivity index (χ1n) is 8.05. The van der Waals surface area contributed by atoms with Crippen LogP contribution in [0, 0.1) is 5.82 Å². The third kappa shape index (κ3) is 6.11. The number of hydrogen-bond donors (Lipinski definition) is 1. The van der Waals surface area contributed by atoms with Crippen LogP contribution in [0.1, 0.15) is 44.2 Å². The number of methoxy groups -OCH3 is 1. The van der Waals surface area contributed by atoms with E-state index in [-0.39, 0.29) is 36.7 Å². The molecule has 1 saturated heterocycles. The van der Waals surface area contributed by atoms with Crippen LogP contribution in [0.3, 0.4) is 0 Å². The first-order valence-corrected chi connectivity index (χ1v) is 8.05. The minimum atomic E-state index is -0.194. The molecule has 3 nitrogen and oxygen atoms in total. The zero-order valence-corrected chi connectivity index (χ0v) is 15.6. The molecule has 0 radical (unpaired) electrons. The van der Waals surface area contributed by atoms with Crippen molar-refractivity contribution in [3.8, 4) is 5.75 Å². The zero-order valence-electron chi connectivity index (χ0n) is 14.0. The smallest absolute Gasteiger partial charge is 0.169 e. The Balaban J connectivity index is 0.00000242. The molecule has 6 heteroatoms. The van der Waals surface area contributed by atoms with E-state index in [1.807, 2.05) is 12.1 Å². The molecule has 0 unspecified atom stereocenters. The molecule has 0 aliphatic carbocycles. The van der Waals surface area contributed by atoms with Crippen LogP contribution in [-0.4, -0.2) is 38.2 Å². The lowest BCUT2D eigenvalue weighted by atomic mass is 9.97. The van der Waals surface area contributed by atoms with Gasteiger partial charge in [0.25, 0.3) is 0 Å². The molecule has 1 heterocycles. The van der Waals surface area contributed by atoms with Crippen LogP contribution in [0.4, 0.5) is 4.39 Å². The maximum Gasteiger partial charge on any atom is 0.169 e. The third-order valence-electron chi connectivity index (χ3n) is 4.25. The lowest BCUT2D eigenvalue weighted by Crippen LogP contribution is -2.45. The van der Waals surface area contributed by atoms with Crippen molar-refractivity contribution in [1.29, 1.82) is 0 Å². The SMILES string of the molecule is CCCCC[C@@H](c1cccc(OC)c1F)N1CCNCC1.Cl.Cl. The summed E-state index contributed by atoms with van der Waals surface area (Å²) in [6.07, 6.45) is 4.54. The lowest BCUT2D eigenvalue weighted by Gasteiger charge is -2.35. The highest BCUT2D eigenvalue weighted by atomic mass is 35.5. The molecule has 2 rings (SSSR count). The van der Waals surface area contributed by atoms with E-state index in [4.69, 9.17) is 4.74 Å². The van der Waals surface area contributed by atoms with E-state index in [1.54, 1.807) is 6.07 Å². The molecular formula is C17H29Cl2FN2O. The fraction of sp³-hybridized carbons (Fsp3) is 0.647. The van der Waals surface area contributed by atoms with Crippen LogP contribution in [-0.2, 0) is 0 Å². The van der Waals surface area contributed by atoms with Gasteiger partial charge in [-0.2, -0.15) is 0 Å². The summed E-state index contributed by atoms with van der Waals surface area (Å²) in [6.45, 7) is 6.12. The Morgan fingerprint density at radius 1 is 1.22 bits per heavy atom. The van der Waals surface area contributed by atoms with Crippen LogP contribution >= 0.6 is 24.8 Å². The number of hydrogen-bond acceptors (Lipinski definition) is 3. The number of nitrogens with zero attached hydrogens (tertiary/aromatic N) is 1. The van der Waals surface area contributed by atoms with E-state index in [9.17, 15) is 4.39 Å². The molecule has 23 heavy (non-hydrogen) atoms. The quantitative estimate of drug-likeness (QED) is 0.731. The molecule has 1 fully saturated rings. The van der Waals surface area contributed by atoms with Crippen molar-refractivity contribution < 1.29 is 9.13 Å². The van der Waals surface area contributed by atoms with E-state index in [0.29, 0.717) is 5.75 Å². The van der Waals surface area contributed by atoms with Gasteiger partial charge in [-0.05, 0) is 12.5 Å². The Morgan fingerprint density at radius 2 is 1.91 bits per heavy atom. The Labute approximate surface area is 151 Å². The monoisotopic (exact) mass is 366 g/mol. The zero-order chi connectivity index (χ0) is 15.1. The standard InChI is InChI=1S/C17H27FN2O.2ClH/c1-3-4-5-8-15(20-12-10-19-11-13-20)14-7-6-9-16(21-2)17(14)18;;/h6-7,9,15,19H,3-5,8,10-13H2,1-2H3;2*1H/t15-;;/m0../s1. The van der Waals surface area contributed by atoms with E-state index >= 15 is 0 Å². The predicted octanol–water partition coefficient (Wildman–Crippen LogP) is 4.20. The van der Waals surface area contributed by atoms with Crippen LogP contribution in [0.25, 0.3) is 0 Å². The number of halogens is 3. The molecule has 0 aromatic heterocycles. The van der Waals surface area contributed by atoms with Gasteiger partial charge in [-0.1, -0.05) is 38.3 Å². The van der Waals surface area contributed by atoms with Gasteiger partial charge in [-0.25, -0.2) is 4.39 Å². The van der Waals surface area contributed by atoms with Gasteiger partial charge >= 0.3 is 0 Å². The van der Waals surface area contributed by atoms with E-state index in [0.717, 1.165) is 44.6 Å². The summed E-state index contributed by atoms with van der Waals surface area (Å²) < 4.78 is 19.8. The van der Waals surface area contributed by atoms with Crippen molar-refractivity contribution in [2.45, 2.75) is 38.6 Å². The molecule has 0 amide bonds. The average molecular weight is 367 g/mol. The fourth-order valence-electron chi connectivity index (χ4n) is 3.06. The molecule has 0 bridgehead atoms. The number of unbranched alkanes of at least 4 members (excludes halogenated alkanes) is 2. The molecule has 1 aromatic rings. The molecular weight excluding hydrogens is 338 g/mol. The third-order valence-corrected chi connectivity index (χ3v) is 4.25. The number of nitrogens with one attached hydrogen (secondary N) is 1. The van der Waals surface area contributed by atoms with Gasteiger partial charge in [0.15, 0.2) is 11.6 Å². The molecule has 1 aromatic carbocycles. The number of benzene rings is 1. The van der Waals surface area contributed by atoms with Crippen LogP contribution in [0.2, 0.25) is 0 Å². The summed E-state index contributed by atoms with van der Waals surface area (Å²) in [5.41, 5.74) is 0.785. The summed E-state index contributed by atoms with van der Waals surface area (Å²) in [6, 6.07) is 5.66. The first-order chi connectivity index (χ1) is 10.3. The first kappa shape index (κ1) is 22.4. The molecule has 1 aliphatic rings. The van der Waals surface area contributed by atoms with Gasteiger partial charge < -0.3 is 10.1 Å². The van der Waals surface area contributed by atoms with Crippen molar-refractivity contribution in [3.05, 3.63) is 29.6 Å². The van der Waals surface area contributed by atoms with Gasteiger partial charge in [0.2, 0.25) is 0 Å². The van der Waals surface area contributed by atoms with E-state index < -0.39 is 0 Å². The van der Waals surface area contributed by atoms with Crippen molar-refractivity contribution >= 4 is 24.8 Å². The van der Waals surface area contributed by atoms with Gasteiger partial charge in [0.1, 0.15) is 0 Å². The van der Waals surface area contributed by atoms with Crippen LogP contribution in [0.15, 0.2) is 18.2 Å². The highest BCUT2D eigenvalue weighted by Gasteiger charge is 2.25. The van der Waals surface area contributed by atoms with Crippen molar-refractivity contribution in [2.75, 3.05) is 33.3 Å². The van der Waals surface area contributed by atoms with Crippen molar-refractivity contribution in [3.63, 3.8) is 0 Å². The van der Waals surface area contributed by atoms with Gasteiger partial charge in [0, 0.05) is 37.8 Å². The summed E-state index contributed by atoms with van der Waals surface area (Å²) in [5, 5.41) is 3.37. The average Bonchev–Trinajstić information content (AvgIpc) is 2.53. The van der Waals surface area contributed by atoms with E-state index in [1.165, 1.54) is 20.0 Å². The second-order valence-corrected chi connectivity index (χ2v) is 5.66. The molecule has 1 atom stereocenters. The highest BCUT2D eigenvalue weighted by Crippen LogP contribution is 2.32. The summed E-state index contributed by atoms with van der Waals surface area (Å²) >= 11 is 0. The molecule has 1 aliphatic heterocycles. The Morgan fingerprint density at radius 3 is 2.52 bits per heavy atom. The molecule has 0 spiro atoms. The Hall–Kier alpha value is -0.550. The fourth-order valence-corrected chi connectivity index (χ4v) is 3.06. The van der Waals surface area contributed by atoms with Crippen LogP contribution in [0.5, 0.6) is 5.75 Å². The second-order valence-electron chi connectivity index (χ2n) is 5.66. The Kier molecular flexibility index (Phi) is 11.6. The second kappa shape index (κ2) is 11.9. The van der Waals surface area contributed by atoms with Crippen LogP contribution < -0.4 is 10.1 Å². The summed E-state index contributed by atoms with van der Waals surface area (Å²) in [4.78, 5) is 2.41. The maximum absolute atomic E-state index is 14.6. The lowest BCUT2D eigenvalue weighted by molar-refractivity contribution is 0.159. The number of rotatable bonds is 7. The summed E-state index contributed by atoms with van der Waals surface area (Å²) in [7, 11) is 1.53. The largest absolute Gasteiger partial charge is 0.494 e. The van der Waals surface area contributed by atoms with Gasteiger partial charge in [-0.3, -0.25) is 4.90 Å². The maximum atomic E-state index is 14.6. The molecule has 0 saturated carbocycles. The minimum Gasteiger partial charge on any atom is -0.494 e. The predicted molar refractivity (Wildman–Crippen MR) is 98.8 cm³/mol. The van der Waals surface area contributed by atoms with Crippen molar-refractivity contribution in [2.24, 2.45) is 0 Å². The highest BCUT2D eigenvalue weighted by molar-refractivity contribution is 5.85. The topological polar surface area (TPSA) is 24.5 Å². The number of piperazine rings is 1. The van der Waals surface area contributed by atoms with Gasteiger partial charge in [-0.15, -0.1) is 24.8 Å². The minimum absolute atomic E-state index is 0. The molecule has 134 valence electrons. The Bertz CT molecular complexity index is 443. The summed E-state index contributed by atoms with van der Waals surface area (Å²) in [5.74, 6) is 0.156. The number of ether oxygens (including phenoxy) is 1. The normalized spacial score (nSPS) is 16.1. The van der Waals surface area contributed by atoms with E-state index in [2.05, 4.69) is 17.1 Å². The van der Waals surface area contributed by atoms with Gasteiger partial charge in [0.05, 0.1) is 7.11 Å². The van der Waals surface area contributed by atoms with Crippen molar-refractivity contribution in [1.82, 2.24) is 10.2 Å².